The number of benzene rings is 1. The van der Waals surface area contributed by atoms with Crippen LogP contribution in [-0.4, -0.2) is 51.7 Å². The first kappa shape index (κ1) is 27.3. The molecule has 1 aromatic heterocycles. The lowest BCUT2D eigenvalue weighted by atomic mass is 9.94. The van der Waals surface area contributed by atoms with Crippen LogP contribution in [-0.2, 0) is 22.4 Å². The van der Waals surface area contributed by atoms with Gasteiger partial charge in [0.2, 0.25) is 0 Å². The van der Waals surface area contributed by atoms with Gasteiger partial charge in [-0.1, -0.05) is 19.4 Å². The first-order valence-corrected chi connectivity index (χ1v) is 11.7. The summed E-state index contributed by atoms with van der Waals surface area (Å²) >= 11 is 0. The molecule has 8 nitrogen and oxygen atoms in total. The molecule has 0 saturated carbocycles. The number of Topliss-reactive ketones (excluding diaryl/α,β-unsaturated/α-hetero) is 2. The Hall–Kier alpha value is -2.97. The van der Waals surface area contributed by atoms with Crippen molar-refractivity contribution in [2.45, 2.75) is 64.4 Å². The molecule has 2 rings (SSSR count). The van der Waals surface area contributed by atoms with Gasteiger partial charge in [-0.3, -0.25) is 9.59 Å². The van der Waals surface area contributed by atoms with Gasteiger partial charge in [0.1, 0.15) is 5.82 Å². The van der Waals surface area contributed by atoms with E-state index in [2.05, 4.69) is 4.98 Å². The van der Waals surface area contributed by atoms with Gasteiger partial charge in [0, 0.05) is 37.6 Å². The highest BCUT2D eigenvalue weighted by Gasteiger charge is 2.23. The highest BCUT2D eigenvalue weighted by Crippen LogP contribution is 2.33. The number of phenols is 1. The molecular formula is C26H36N2O6. The summed E-state index contributed by atoms with van der Waals surface area (Å²) in [6.07, 6.45) is 3.79. The molecule has 0 aliphatic heterocycles. The van der Waals surface area contributed by atoms with Gasteiger partial charge < -0.3 is 25.8 Å². The van der Waals surface area contributed by atoms with Crippen molar-refractivity contribution in [2.75, 3.05) is 19.5 Å². The third-order valence-electron chi connectivity index (χ3n) is 5.93. The number of aromatic nitrogens is 1. The number of aromatic hydroxyl groups is 1. The maximum atomic E-state index is 12.4. The van der Waals surface area contributed by atoms with E-state index in [1.165, 1.54) is 7.11 Å². The SMILES string of the molecule is CCCC(CO)CCCC(=O)C(O)C(=O)CCc1cc(Cc2ccnc(N)c2)c(O)c(OC)c1. The van der Waals surface area contributed by atoms with E-state index in [1.807, 2.05) is 6.92 Å². The number of phenolic OH excluding ortho intramolecular Hbond substituents is 1. The number of anilines is 1. The number of carbonyl (C=O) groups is 2. The van der Waals surface area contributed by atoms with E-state index in [4.69, 9.17) is 10.5 Å². The number of nitrogen functional groups attached to an aromatic ring is 1. The second-order valence-corrected chi connectivity index (χ2v) is 8.64. The summed E-state index contributed by atoms with van der Waals surface area (Å²) in [4.78, 5) is 28.7. The van der Waals surface area contributed by atoms with E-state index in [0.717, 1.165) is 24.0 Å². The highest BCUT2D eigenvalue weighted by atomic mass is 16.5. The van der Waals surface area contributed by atoms with Crippen LogP contribution in [0.3, 0.4) is 0 Å². The number of pyridine rings is 1. The van der Waals surface area contributed by atoms with Crippen LogP contribution < -0.4 is 10.5 Å². The van der Waals surface area contributed by atoms with Gasteiger partial charge in [0.25, 0.3) is 0 Å². The Labute approximate surface area is 200 Å². The molecule has 0 spiro atoms. The molecule has 34 heavy (non-hydrogen) atoms. The van der Waals surface area contributed by atoms with E-state index >= 15 is 0 Å². The zero-order valence-electron chi connectivity index (χ0n) is 20.0. The van der Waals surface area contributed by atoms with Gasteiger partial charge in [0.15, 0.2) is 29.2 Å². The third-order valence-corrected chi connectivity index (χ3v) is 5.93. The second-order valence-electron chi connectivity index (χ2n) is 8.64. The van der Waals surface area contributed by atoms with Crippen LogP contribution >= 0.6 is 0 Å². The number of ketones is 2. The maximum absolute atomic E-state index is 12.4. The molecule has 2 aromatic rings. The molecule has 5 N–H and O–H groups in total. The Morgan fingerprint density at radius 1 is 1.12 bits per heavy atom. The van der Waals surface area contributed by atoms with Crippen LogP contribution in [0.2, 0.25) is 0 Å². The zero-order valence-corrected chi connectivity index (χ0v) is 20.0. The smallest absolute Gasteiger partial charge is 0.170 e. The van der Waals surface area contributed by atoms with Crippen molar-refractivity contribution >= 4 is 17.4 Å². The van der Waals surface area contributed by atoms with Crippen LogP contribution in [0, 0.1) is 5.92 Å². The van der Waals surface area contributed by atoms with Crippen LogP contribution in [0.5, 0.6) is 11.5 Å². The largest absolute Gasteiger partial charge is 0.504 e. The van der Waals surface area contributed by atoms with Gasteiger partial charge in [-0.05, 0) is 60.9 Å². The summed E-state index contributed by atoms with van der Waals surface area (Å²) in [5, 5.41) is 30.0. The number of nitrogens with two attached hydrogens (primary N) is 1. The summed E-state index contributed by atoms with van der Waals surface area (Å²) in [6, 6.07) is 6.93. The fourth-order valence-electron chi connectivity index (χ4n) is 4.01. The summed E-state index contributed by atoms with van der Waals surface area (Å²) in [5.41, 5.74) is 7.95. The van der Waals surface area contributed by atoms with Crippen LogP contribution in [0.15, 0.2) is 30.5 Å². The van der Waals surface area contributed by atoms with Crippen molar-refractivity contribution in [1.29, 1.82) is 0 Å². The third kappa shape index (κ3) is 8.11. The zero-order chi connectivity index (χ0) is 25.1. The molecule has 2 unspecified atom stereocenters. The minimum absolute atomic E-state index is 0.00688. The highest BCUT2D eigenvalue weighted by molar-refractivity contribution is 6.05. The number of aryl methyl sites for hydroxylation is 1. The molecule has 1 aromatic carbocycles. The Morgan fingerprint density at radius 2 is 1.85 bits per heavy atom. The minimum atomic E-state index is -1.64. The predicted molar refractivity (Wildman–Crippen MR) is 130 cm³/mol. The number of hydrogen-bond donors (Lipinski definition) is 4. The molecule has 2 atom stereocenters. The first-order chi connectivity index (χ1) is 16.3. The standard InChI is InChI=1S/C26H36N2O6/c1-3-5-17(16-29)6-4-7-21(30)26(33)22(31)9-8-18-12-20(25(32)23(14-18)34-2)13-19-10-11-28-24(27)15-19/h10-12,14-15,17,26,29,32-33H,3-9,13,16H2,1-2H3,(H2,27,28). The molecule has 0 aliphatic carbocycles. The fraction of sp³-hybridized carbons (Fsp3) is 0.500. The van der Waals surface area contributed by atoms with Crippen molar-refractivity contribution in [3.63, 3.8) is 0 Å². The molecule has 0 amide bonds. The number of carbonyl (C=O) groups excluding carboxylic acids is 2. The molecule has 0 saturated heterocycles. The lowest BCUT2D eigenvalue weighted by molar-refractivity contribution is -0.138. The number of aliphatic hydroxyl groups excluding tert-OH is 2. The van der Waals surface area contributed by atoms with Crippen molar-refractivity contribution in [2.24, 2.45) is 5.92 Å². The van der Waals surface area contributed by atoms with Crippen LogP contribution in [0.1, 0.15) is 62.1 Å². The Bertz CT molecular complexity index is 962. The quantitative estimate of drug-likeness (QED) is 0.290. The number of hydrogen-bond acceptors (Lipinski definition) is 8. The van der Waals surface area contributed by atoms with Crippen molar-refractivity contribution < 1.29 is 29.6 Å². The summed E-state index contributed by atoms with van der Waals surface area (Å²) in [6.45, 7) is 2.12. The van der Waals surface area contributed by atoms with E-state index in [9.17, 15) is 24.9 Å². The molecular weight excluding hydrogens is 436 g/mol. The maximum Gasteiger partial charge on any atom is 0.170 e. The number of rotatable bonds is 15. The monoisotopic (exact) mass is 472 g/mol. The average molecular weight is 473 g/mol. The van der Waals surface area contributed by atoms with Gasteiger partial charge in [-0.2, -0.15) is 0 Å². The average Bonchev–Trinajstić information content (AvgIpc) is 2.82. The molecule has 0 radical (unpaired) electrons. The molecule has 8 heteroatoms. The number of methoxy groups -OCH3 is 1. The minimum Gasteiger partial charge on any atom is -0.504 e. The number of aliphatic hydroxyl groups is 2. The van der Waals surface area contributed by atoms with Gasteiger partial charge >= 0.3 is 0 Å². The molecule has 1 heterocycles. The normalized spacial score (nSPS) is 12.8. The van der Waals surface area contributed by atoms with Crippen molar-refractivity contribution in [3.05, 3.63) is 47.2 Å². The van der Waals surface area contributed by atoms with E-state index in [-0.39, 0.29) is 43.3 Å². The Balaban J connectivity index is 1.98. The van der Waals surface area contributed by atoms with Crippen LogP contribution in [0.25, 0.3) is 0 Å². The van der Waals surface area contributed by atoms with Crippen LogP contribution in [0.4, 0.5) is 5.82 Å². The van der Waals surface area contributed by atoms with Gasteiger partial charge in [-0.15, -0.1) is 0 Å². The lowest BCUT2D eigenvalue weighted by Crippen LogP contribution is -2.30. The molecule has 186 valence electrons. The lowest BCUT2D eigenvalue weighted by Gasteiger charge is -2.14. The Morgan fingerprint density at radius 3 is 2.50 bits per heavy atom. The Kier molecular flexibility index (Phi) is 11.0. The molecule has 0 bridgehead atoms. The second kappa shape index (κ2) is 13.7. The van der Waals surface area contributed by atoms with E-state index in [1.54, 1.807) is 30.5 Å². The number of ether oxygens (including phenoxy) is 1. The van der Waals surface area contributed by atoms with Gasteiger partial charge in [0.05, 0.1) is 7.11 Å². The fourth-order valence-corrected chi connectivity index (χ4v) is 4.01. The number of nitrogens with zero attached hydrogens (tertiary/aromatic N) is 1. The molecule has 0 aliphatic rings. The van der Waals surface area contributed by atoms with Gasteiger partial charge in [-0.25, -0.2) is 4.98 Å². The predicted octanol–water partition coefficient (Wildman–Crippen LogP) is 2.98. The van der Waals surface area contributed by atoms with E-state index < -0.39 is 17.7 Å². The summed E-state index contributed by atoms with van der Waals surface area (Å²) < 4.78 is 5.28. The topological polar surface area (TPSA) is 143 Å². The summed E-state index contributed by atoms with van der Waals surface area (Å²) in [7, 11) is 1.45. The van der Waals surface area contributed by atoms with E-state index in [0.29, 0.717) is 30.6 Å². The first-order valence-electron chi connectivity index (χ1n) is 11.7. The summed E-state index contributed by atoms with van der Waals surface area (Å²) in [5.74, 6) is -0.212. The molecule has 0 fully saturated rings. The van der Waals surface area contributed by atoms with Crippen molar-refractivity contribution in [3.8, 4) is 11.5 Å². The van der Waals surface area contributed by atoms with Crippen molar-refractivity contribution in [1.82, 2.24) is 4.98 Å².